The average molecular weight is 289 g/mol. The number of unbranched alkanes of at least 4 members (excludes halogenated alkanes) is 5. The summed E-state index contributed by atoms with van der Waals surface area (Å²) in [5.41, 5.74) is 0. The molecule has 0 aromatic heterocycles. The van der Waals surface area contributed by atoms with Gasteiger partial charge in [-0.15, -0.1) is 6.58 Å². The summed E-state index contributed by atoms with van der Waals surface area (Å²) >= 11 is 0. The van der Waals surface area contributed by atoms with Crippen LogP contribution in [0.25, 0.3) is 0 Å². The van der Waals surface area contributed by atoms with Crippen molar-refractivity contribution in [3.8, 4) is 0 Å². The Morgan fingerprint density at radius 3 is 1.85 bits per heavy atom. The van der Waals surface area contributed by atoms with E-state index in [2.05, 4.69) is 6.58 Å². The highest BCUT2D eigenvalue weighted by molar-refractivity contribution is 4.69. The fourth-order valence-electron chi connectivity index (χ4n) is 2.12. The zero-order valence-electron chi connectivity index (χ0n) is 12.5. The third-order valence-corrected chi connectivity index (χ3v) is 3.24. The molecule has 0 heterocycles. The third kappa shape index (κ3) is 11.4. The number of rotatable bonds is 14. The molecule has 0 bridgehead atoms. The molecule has 0 aromatic rings. The Hall–Kier alpha value is -0.460. The topological polar surface area (TPSA) is 84.2 Å². The van der Waals surface area contributed by atoms with Crippen LogP contribution in [0.3, 0.4) is 0 Å². The van der Waals surface area contributed by atoms with Crippen LogP contribution in [-0.2, 0) is 0 Å². The fraction of sp³-hybridized carbons (Fsp3) is 0.867. The molecule has 120 valence electrons. The van der Waals surface area contributed by atoms with Crippen LogP contribution in [0.1, 0.15) is 38.5 Å². The number of hydrogen-bond acceptors (Lipinski definition) is 5. The van der Waals surface area contributed by atoms with Crippen molar-refractivity contribution in [1.29, 1.82) is 0 Å². The summed E-state index contributed by atoms with van der Waals surface area (Å²) < 4.78 is 0. The molecule has 0 rings (SSSR count). The molecule has 20 heavy (non-hydrogen) atoms. The largest absolute Gasteiger partial charge is 0.394 e. The summed E-state index contributed by atoms with van der Waals surface area (Å²) in [5, 5.41) is 36.7. The Morgan fingerprint density at radius 1 is 0.850 bits per heavy atom. The minimum absolute atomic E-state index is 0.284. The van der Waals surface area contributed by atoms with Gasteiger partial charge in [-0.3, -0.25) is 4.90 Å². The van der Waals surface area contributed by atoms with Gasteiger partial charge in [0.15, 0.2) is 0 Å². The number of aliphatic hydroxyl groups excluding tert-OH is 4. The monoisotopic (exact) mass is 289 g/mol. The normalized spacial score (nSPS) is 14.4. The minimum Gasteiger partial charge on any atom is -0.394 e. The predicted molar refractivity (Wildman–Crippen MR) is 80.5 cm³/mol. The van der Waals surface area contributed by atoms with Crippen molar-refractivity contribution in [2.24, 2.45) is 0 Å². The van der Waals surface area contributed by atoms with Gasteiger partial charge in [0, 0.05) is 13.1 Å². The van der Waals surface area contributed by atoms with Gasteiger partial charge in [-0.2, -0.15) is 0 Å². The van der Waals surface area contributed by atoms with Crippen LogP contribution in [0.4, 0.5) is 0 Å². The van der Waals surface area contributed by atoms with Gasteiger partial charge in [0.2, 0.25) is 0 Å². The van der Waals surface area contributed by atoms with Gasteiger partial charge in [0.1, 0.15) is 0 Å². The number of nitrogens with zero attached hydrogens (tertiary/aromatic N) is 1. The summed E-state index contributed by atoms with van der Waals surface area (Å²) in [6.07, 6.45) is 7.06. The molecule has 0 saturated heterocycles. The first-order valence-electron chi connectivity index (χ1n) is 7.55. The second-order valence-electron chi connectivity index (χ2n) is 5.28. The molecule has 0 aliphatic rings. The molecule has 0 radical (unpaired) electrons. The quantitative estimate of drug-likeness (QED) is 0.277. The van der Waals surface area contributed by atoms with E-state index in [1.807, 2.05) is 11.0 Å². The van der Waals surface area contributed by atoms with E-state index in [1.54, 1.807) is 0 Å². The van der Waals surface area contributed by atoms with Crippen LogP contribution < -0.4 is 0 Å². The minimum atomic E-state index is -0.798. The van der Waals surface area contributed by atoms with Gasteiger partial charge in [0.25, 0.3) is 0 Å². The first kappa shape index (κ1) is 19.5. The molecule has 0 fully saturated rings. The van der Waals surface area contributed by atoms with Crippen molar-refractivity contribution >= 4 is 0 Å². The second kappa shape index (κ2) is 13.5. The Kier molecular flexibility index (Phi) is 13.2. The highest BCUT2D eigenvalue weighted by Gasteiger charge is 2.14. The maximum Gasteiger partial charge on any atom is 0.0897 e. The van der Waals surface area contributed by atoms with E-state index in [-0.39, 0.29) is 13.2 Å². The lowest BCUT2D eigenvalue weighted by molar-refractivity contribution is 0.0228. The summed E-state index contributed by atoms with van der Waals surface area (Å²) in [6, 6.07) is 0. The summed E-state index contributed by atoms with van der Waals surface area (Å²) in [4.78, 5) is 1.89. The lowest BCUT2D eigenvalue weighted by Crippen LogP contribution is -2.40. The van der Waals surface area contributed by atoms with Gasteiger partial charge in [-0.05, 0) is 25.8 Å². The number of aliphatic hydroxyl groups is 4. The van der Waals surface area contributed by atoms with E-state index in [0.717, 1.165) is 25.8 Å². The van der Waals surface area contributed by atoms with Crippen LogP contribution in [0.15, 0.2) is 12.7 Å². The van der Waals surface area contributed by atoms with Gasteiger partial charge >= 0.3 is 0 Å². The summed E-state index contributed by atoms with van der Waals surface area (Å²) in [5.74, 6) is 0. The lowest BCUT2D eigenvalue weighted by Gasteiger charge is -2.26. The summed E-state index contributed by atoms with van der Waals surface area (Å²) in [7, 11) is 0. The predicted octanol–water partition coefficient (Wildman–Crippen LogP) is 0.521. The van der Waals surface area contributed by atoms with Crippen molar-refractivity contribution in [2.75, 3.05) is 32.8 Å². The van der Waals surface area contributed by atoms with E-state index < -0.39 is 12.2 Å². The third-order valence-electron chi connectivity index (χ3n) is 3.24. The highest BCUT2D eigenvalue weighted by Crippen LogP contribution is 2.07. The molecule has 0 aliphatic heterocycles. The van der Waals surface area contributed by atoms with Crippen molar-refractivity contribution < 1.29 is 20.4 Å². The van der Waals surface area contributed by atoms with Crippen molar-refractivity contribution in [2.45, 2.75) is 50.7 Å². The molecule has 0 aromatic carbocycles. The molecule has 0 spiro atoms. The zero-order valence-corrected chi connectivity index (χ0v) is 12.5. The standard InChI is InChI=1S/C15H31NO4/c1-2-3-4-5-6-7-8-9-16(10-14(19)12-17)11-15(20)13-18/h2,14-15,17-20H,1,3-13H2. The lowest BCUT2D eigenvalue weighted by atomic mass is 10.1. The van der Waals surface area contributed by atoms with Crippen LogP contribution in [0.2, 0.25) is 0 Å². The van der Waals surface area contributed by atoms with Gasteiger partial charge in [-0.25, -0.2) is 0 Å². The van der Waals surface area contributed by atoms with E-state index >= 15 is 0 Å². The smallest absolute Gasteiger partial charge is 0.0897 e. The molecule has 2 atom stereocenters. The van der Waals surface area contributed by atoms with Crippen molar-refractivity contribution in [3.05, 3.63) is 12.7 Å². The molecule has 2 unspecified atom stereocenters. The number of allylic oxidation sites excluding steroid dienone is 1. The van der Waals surface area contributed by atoms with E-state index in [4.69, 9.17) is 10.2 Å². The van der Waals surface area contributed by atoms with E-state index in [9.17, 15) is 10.2 Å². The van der Waals surface area contributed by atoms with Gasteiger partial charge in [0.05, 0.1) is 25.4 Å². The van der Waals surface area contributed by atoms with Crippen LogP contribution in [0, 0.1) is 0 Å². The first-order chi connectivity index (χ1) is 9.63. The van der Waals surface area contributed by atoms with Gasteiger partial charge < -0.3 is 20.4 Å². The average Bonchev–Trinajstić information content (AvgIpc) is 2.45. The number of hydrogen-bond donors (Lipinski definition) is 4. The van der Waals surface area contributed by atoms with Gasteiger partial charge in [-0.1, -0.05) is 25.3 Å². The molecule has 0 amide bonds. The maximum atomic E-state index is 9.47. The second-order valence-corrected chi connectivity index (χ2v) is 5.28. The van der Waals surface area contributed by atoms with Crippen LogP contribution in [-0.4, -0.2) is 70.4 Å². The summed E-state index contributed by atoms with van der Waals surface area (Å²) in [6.45, 7) is 4.53. The zero-order chi connectivity index (χ0) is 15.2. The van der Waals surface area contributed by atoms with Crippen LogP contribution >= 0.6 is 0 Å². The van der Waals surface area contributed by atoms with E-state index in [1.165, 1.54) is 19.3 Å². The van der Waals surface area contributed by atoms with Crippen molar-refractivity contribution in [3.63, 3.8) is 0 Å². The SMILES string of the molecule is C=CCCCCCCCN(CC(O)CO)CC(O)CO. The Morgan fingerprint density at radius 2 is 1.35 bits per heavy atom. The molecular weight excluding hydrogens is 258 g/mol. The highest BCUT2D eigenvalue weighted by atomic mass is 16.3. The molecule has 5 heteroatoms. The Balaban J connectivity index is 3.81. The van der Waals surface area contributed by atoms with E-state index in [0.29, 0.717) is 13.1 Å². The molecule has 0 aliphatic carbocycles. The molecule has 5 nitrogen and oxygen atoms in total. The van der Waals surface area contributed by atoms with Crippen LogP contribution in [0.5, 0.6) is 0 Å². The molecule has 0 saturated carbocycles. The molecule has 4 N–H and O–H groups in total. The van der Waals surface area contributed by atoms with Crippen molar-refractivity contribution in [1.82, 2.24) is 4.90 Å². The fourth-order valence-corrected chi connectivity index (χ4v) is 2.12. The maximum absolute atomic E-state index is 9.47. The Labute approximate surface area is 122 Å². The first-order valence-corrected chi connectivity index (χ1v) is 7.55. The molecular formula is C15H31NO4. The Bertz CT molecular complexity index is 214.